The van der Waals surface area contributed by atoms with E-state index in [0.717, 1.165) is 17.5 Å². The minimum absolute atomic E-state index is 0.0907. The molecule has 5 atom stereocenters. The second-order valence-electron chi connectivity index (χ2n) is 18.9. The van der Waals surface area contributed by atoms with E-state index in [9.17, 15) is 0 Å². The monoisotopic (exact) mass is 799 g/mol. The number of rotatable bonds is 6. The molecule has 0 aliphatic heterocycles. The van der Waals surface area contributed by atoms with Crippen LogP contribution in [0.4, 0.5) is 17.1 Å². The molecule has 0 aromatic heterocycles. The number of hydrogen-bond donors (Lipinski definition) is 0. The largest absolute Gasteiger partial charge is 0.310 e. The average molecular weight is 800 g/mol. The molecule has 1 unspecified atom stereocenters. The summed E-state index contributed by atoms with van der Waals surface area (Å²) in [5.74, 6) is 2.62. The summed E-state index contributed by atoms with van der Waals surface area (Å²) in [5.41, 5.74) is 19.6. The Kier molecular flexibility index (Phi) is 8.79. The first-order valence-electron chi connectivity index (χ1n) is 23.1. The highest BCUT2D eigenvalue weighted by atomic mass is 15.1. The van der Waals surface area contributed by atoms with Crippen molar-refractivity contribution < 1.29 is 0 Å². The van der Waals surface area contributed by atoms with Gasteiger partial charge < -0.3 is 4.90 Å². The molecule has 2 fully saturated rings. The molecule has 62 heavy (non-hydrogen) atoms. The smallest absolute Gasteiger partial charge is 0.0719 e. The Morgan fingerprint density at radius 1 is 0.403 bits per heavy atom. The van der Waals surface area contributed by atoms with E-state index in [1.165, 1.54) is 99.1 Å². The van der Waals surface area contributed by atoms with Crippen LogP contribution >= 0.6 is 0 Å². The molecule has 1 heteroatoms. The molecule has 0 heterocycles. The Hall–Kier alpha value is -6.44. The molecule has 0 N–H and O–H groups in total. The van der Waals surface area contributed by atoms with Crippen molar-refractivity contribution in [1.29, 1.82) is 0 Å². The summed E-state index contributed by atoms with van der Waals surface area (Å²) in [6.07, 6.45) is 6.39. The lowest BCUT2D eigenvalue weighted by molar-refractivity contribution is 0.0180. The molecular weight excluding hydrogens is 747 g/mol. The first kappa shape index (κ1) is 37.3. The molecule has 8 aromatic carbocycles. The van der Waals surface area contributed by atoms with Gasteiger partial charge in [0.05, 0.1) is 5.41 Å². The van der Waals surface area contributed by atoms with Crippen molar-refractivity contribution in [2.45, 2.75) is 56.8 Å². The second kappa shape index (κ2) is 14.6. The van der Waals surface area contributed by atoms with E-state index in [0.29, 0.717) is 11.8 Å². The lowest BCUT2D eigenvalue weighted by atomic mass is 9.41. The number of nitrogens with zero attached hydrogens (tertiary/aromatic N) is 1. The fourth-order valence-electron chi connectivity index (χ4n) is 13.4. The van der Waals surface area contributed by atoms with Gasteiger partial charge in [0.15, 0.2) is 0 Å². The zero-order valence-electron chi connectivity index (χ0n) is 35.8. The van der Waals surface area contributed by atoms with E-state index in [-0.39, 0.29) is 5.41 Å². The molecule has 1 nitrogen and oxygen atoms in total. The van der Waals surface area contributed by atoms with E-state index < -0.39 is 5.41 Å². The van der Waals surface area contributed by atoms with Gasteiger partial charge in [-0.25, -0.2) is 0 Å². The van der Waals surface area contributed by atoms with Gasteiger partial charge in [-0.15, -0.1) is 0 Å². The van der Waals surface area contributed by atoms with Gasteiger partial charge in [-0.2, -0.15) is 0 Å². The second-order valence-corrected chi connectivity index (χ2v) is 18.9. The van der Waals surface area contributed by atoms with Crippen molar-refractivity contribution in [3.8, 4) is 33.4 Å². The first-order chi connectivity index (χ1) is 30.6. The summed E-state index contributed by atoms with van der Waals surface area (Å²) in [6, 6.07) is 76.2. The molecule has 4 aliphatic rings. The Bertz CT molecular complexity index is 2880. The predicted molar refractivity (Wildman–Crippen MR) is 258 cm³/mol. The maximum absolute atomic E-state index is 2.69. The van der Waals surface area contributed by atoms with Crippen molar-refractivity contribution in [2.75, 3.05) is 4.90 Å². The van der Waals surface area contributed by atoms with Crippen LogP contribution in [0.2, 0.25) is 0 Å². The quantitative estimate of drug-likeness (QED) is 0.162. The van der Waals surface area contributed by atoms with Crippen LogP contribution in [0.3, 0.4) is 0 Å². The summed E-state index contributed by atoms with van der Waals surface area (Å²) < 4.78 is 0. The van der Waals surface area contributed by atoms with E-state index in [1.54, 1.807) is 11.1 Å². The molecule has 0 saturated heterocycles. The highest BCUT2D eigenvalue weighted by Crippen LogP contribution is 2.69. The first-order valence-corrected chi connectivity index (χ1v) is 23.1. The predicted octanol–water partition coefficient (Wildman–Crippen LogP) is 15.9. The third kappa shape index (κ3) is 5.40. The van der Waals surface area contributed by atoms with Gasteiger partial charge in [0.25, 0.3) is 0 Å². The Labute approximate surface area is 367 Å². The minimum Gasteiger partial charge on any atom is -0.310 e. The SMILES string of the molecule is CC[C@@H]1C[C@H]2C[C@H](C)C[C@@H](C1)C21c2ccccc2C2(c3ccccc3-c3ccccc32)c2ccc(N(c3ccc(-c4ccccc4)cc3)c3cccc(-c4ccccc4)c3)cc21. The summed E-state index contributed by atoms with van der Waals surface area (Å²) in [6.45, 7) is 4.98. The molecule has 2 saturated carbocycles. The summed E-state index contributed by atoms with van der Waals surface area (Å²) in [5, 5.41) is 0. The number of fused-ring (bicyclic) bond motifs is 9. The molecule has 4 aliphatic carbocycles. The maximum Gasteiger partial charge on any atom is 0.0719 e. The molecule has 8 aromatic rings. The van der Waals surface area contributed by atoms with Gasteiger partial charge >= 0.3 is 0 Å². The van der Waals surface area contributed by atoms with Crippen LogP contribution in [-0.4, -0.2) is 0 Å². The van der Waals surface area contributed by atoms with E-state index in [2.05, 4.69) is 219 Å². The zero-order valence-corrected chi connectivity index (χ0v) is 35.8. The third-order valence-electron chi connectivity index (χ3n) is 15.8. The third-order valence-corrected chi connectivity index (χ3v) is 15.8. The Morgan fingerprint density at radius 2 is 0.887 bits per heavy atom. The molecule has 302 valence electrons. The Morgan fingerprint density at radius 3 is 1.52 bits per heavy atom. The van der Waals surface area contributed by atoms with Crippen molar-refractivity contribution in [3.63, 3.8) is 0 Å². The van der Waals surface area contributed by atoms with Crippen molar-refractivity contribution in [1.82, 2.24) is 0 Å². The Balaban J connectivity index is 1.15. The van der Waals surface area contributed by atoms with Gasteiger partial charge in [0, 0.05) is 22.5 Å². The minimum atomic E-state index is -0.417. The lowest BCUT2D eigenvalue weighted by Crippen LogP contribution is -2.56. The van der Waals surface area contributed by atoms with Crippen LogP contribution in [-0.2, 0) is 10.8 Å². The standard InChI is InChI=1S/C61H53N/c1-3-42-37-47-35-41(2)36-48(38-42)60(47)56-27-14-15-28-57(56)61(54-25-12-10-23-52(54)53-24-11-13-26-55(53)61)58-34-33-51(40-59(58)60)62(49-31-29-45(30-32-49)43-17-6-4-7-18-43)50-22-16-21-46(39-50)44-19-8-5-9-20-44/h4-34,39-42,47-48H,3,35-38H2,1-2H3/t41-,42+,47+,48-,60?. The fourth-order valence-corrected chi connectivity index (χ4v) is 13.4. The van der Waals surface area contributed by atoms with Crippen molar-refractivity contribution in [2.24, 2.45) is 23.7 Å². The van der Waals surface area contributed by atoms with Crippen LogP contribution < -0.4 is 4.90 Å². The number of benzene rings is 8. The van der Waals surface area contributed by atoms with Crippen LogP contribution in [0.15, 0.2) is 200 Å². The van der Waals surface area contributed by atoms with E-state index in [4.69, 9.17) is 0 Å². The van der Waals surface area contributed by atoms with Gasteiger partial charge in [-0.3, -0.25) is 0 Å². The molecule has 12 rings (SSSR count). The topological polar surface area (TPSA) is 3.24 Å². The molecule has 2 bridgehead atoms. The zero-order chi connectivity index (χ0) is 41.4. The van der Waals surface area contributed by atoms with Gasteiger partial charge in [0.2, 0.25) is 0 Å². The highest BCUT2D eigenvalue weighted by molar-refractivity contribution is 5.90. The highest BCUT2D eigenvalue weighted by Gasteiger charge is 2.62. The number of anilines is 3. The van der Waals surface area contributed by atoms with Crippen LogP contribution in [0.1, 0.15) is 79.3 Å². The van der Waals surface area contributed by atoms with Gasteiger partial charge in [0.1, 0.15) is 0 Å². The summed E-state index contributed by atoms with van der Waals surface area (Å²) in [7, 11) is 0. The maximum atomic E-state index is 2.69. The number of hydrogen-bond acceptors (Lipinski definition) is 1. The fraction of sp³-hybridized carbons (Fsp3) is 0.213. The lowest BCUT2D eigenvalue weighted by Gasteiger charge is -2.62. The van der Waals surface area contributed by atoms with Crippen molar-refractivity contribution in [3.05, 3.63) is 234 Å². The molecular formula is C61H53N. The molecule has 2 spiro atoms. The van der Waals surface area contributed by atoms with Crippen LogP contribution in [0.25, 0.3) is 33.4 Å². The normalized spacial score (nSPS) is 22.4. The molecule has 0 radical (unpaired) electrons. The average Bonchev–Trinajstić information content (AvgIpc) is 3.62. The van der Waals surface area contributed by atoms with Gasteiger partial charge in [-0.05, 0) is 153 Å². The van der Waals surface area contributed by atoms with E-state index >= 15 is 0 Å². The molecule has 0 amide bonds. The van der Waals surface area contributed by atoms with Gasteiger partial charge in [-0.1, -0.05) is 184 Å². The van der Waals surface area contributed by atoms with Crippen LogP contribution in [0.5, 0.6) is 0 Å². The summed E-state index contributed by atoms with van der Waals surface area (Å²) in [4.78, 5) is 2.54. The summed E-state index contributed by atoms with van der Waals surface area (Å²) >= 11 is 0. The van der Waals surface area contributed by atoms with Crippen LogP contribution in [0, 0.1) is 23.7 Å². The van der Waals surface area contributed by atoms with Crippen molar-refractivity contribution >= 4 is 17.1 Å². The van der Waals surface area contributed by atoms with E-state index in [1.807, 2.05) is 0 Å².